The van der Waals surface area contributed by atoms with Crippen molar-refractivity contribution in [3.05, 3.63) is 82.2 Å². The highest BCUT2D eigenvalue weighted by molar-refractivity contribution is 7.98. The Bertz CT molecular complexity index is 1480. The quantitative estimate of drug-likeness (QED) is 0.392. The molecule has 0 aliphatic rings. The summed E-state index contributed by atoms with van der Waals surface area (Å²) in [5.41, 5.74) is 4.38. The molecule has 3 heterocycles. The fraction of sp³-hybridized carbons (Fsp3) is 0.217. The molecule has 0 atom stereocenters. The number of aromatic nitrogens is 6. The van der Waals surface area contributed by atoms with Crippen LogP contribution in [0.15, 0.2) is 64.8 Å². The molecular weight excluding hydrogens is 408 g/mol. The van der Waals surface area contributed by atoms with Crippen molar-refractivity contribution >= 4 is 28.4 Å². The molecule has 0 saturated carbocycles. The maximum absolute atomic E-state index is 12.8. The summed E-state index contributed by atoms with van der Waals surface area (Å²) in [5.74, 6) is 1.93. The van der Waals surface area contributed by atoms with E-state index in [2.05, 4.69) is 51.8 Å². The number of para-hydroxylation sites is 1. The molecular formula is C23H22N6OS. The fourth-order valence-corrected chi connectivity index (χ4v) is 4.68. The third kappa shape index (κ3) is 3.23. The van der Waals surface area contributed by atoms with Crippen molar-refractivity contribution in [2.75, 3.05) is 0 Å². The molecule has 7 nitrogen and oxygen atoms in total. The Morgan fingerprint density at radius 3 is 2.68 bits per heavy atom. The Labute approximate surface area is 183 Å². The fourth-order valence-electron chi connectivity index (χ4n) is 3.79. The lowest BCUT2D eigenvalue weighted by atomic mass is 10.1. The monoisotopic (exact) mass is 430 g/mol. The minimum atomic E-state index is -0.0394. The van der Waals surface area contributed by atoms with Crippen LogP contribution < -0.4 is 5.56 Å². The Kier molecular flexibility index (Phi) is 4.86. The molecule has 0 saturated heterocycles. The highest BCUT2D eigenvalue weighted by Crippen LogP contribution is 2.26. The zero-order chi connectivity index (χ0) is 21.5. The topological polar surface area (TPSA) is 70.0 Å². The van der Waals surface area contributed by atoms with Gasteiger partial charge in [0.25, 0.3) is 5.56 Å². The smallest absolute Gasteiger partial charge is 0.262 e. The molecule has 0 aliphatic heterocycles. The van der Waals surface area contributed by atoms with E-state index in [1.807, 2.05) is 48.0 Å². The average Bonchev–Trinajstić information content (AvgIpc) is 3.42. The van der Waals surface area contributed by atoms with Crippen LogP contribution in [0.5, 0.6) is 0 Å². The van der Waals surface area contributed by atoms with Crippen molar-refractivity contribution in [1.82, 2.24) is 28.7 Å². The maximum atomic E-state index is 12.8. The molecule has 0 unspecified atom stereocenters. The predicted molar refractivity (Wildman–Crippen MR) is 123 cm³/mol. The first-order chi connectivity index (χ1) is 15.1. The van der Waals surface area contributed by atoms with Gasteiger partial charge >= 0.3 is 0 Å². The normalized spacial score (nSPS) is 11.6. The molecule has 31 heavy (non-hydrogen) atoms. The van der Waals surface area contributed by atoms with Crippen molar-refractivity contribution < 1.29 is 0 Å². The van der Waals surface area contributed by atoms with Gasteiger partial charge in [-0.05, 0) is 56.2 Å². The average molecular weight is 431 g/mol. The number of hydrogen-bond donors (Lipinski definition) is 0. The van der Waals surface area contributed by atoms with E-state index in [0.717, 1.165) is 22.2 Å². The van der Waals surface area contributed by atoms with E-state index in [4.69, 9.17) is 0 Å². The van der Waals surface area contributed by atoms with Crippen molar-refractivity contribution in [3.63, 3.8) is 0 Å². The molecule has 0 spiro atoms. The van der Waals surface area contributed by atoms with Crippen LogP contribution >= 0.6 is 11.8 Å². The summed E-state index contributed by atoms with van der Waals surface area (Å²) in [6, 6.07) is 14.0. The lowest BCUT2D eigenvalue weighted by molar-refractivity contribution is 0.735. The Balaban J connectivity index is 1.55. The first-order valence-electron chi connectivity index (χ1n) is 10.2. The van der Waals surface area contributed by atoms with Gasteiger partial charge in [-0.1, -0.05) is 30.0 Å². The summed E-state index contributed by atoms with van der Waals surface area (Å²) in [4.78, 5) is 17.4. The van der Waals surface area contributed by atoms with Gasteiger partial charge in [-0.15, -0.1) is 10.2 Å². The first-order valence-corrected chi connectivity index (χ1v) is 11.2. The van der Waals surface area contributed by atoms with Crippen LogP contribution in [0.1, 0.15) is 23.9 Å². The van der Waals surface area contributed by atoms with Crippen molar-refractivity contribution in [1.29, 1.82) is 0 Å². The van der Waals surface area contributed by atoms with E-state index in [9.17, 15) is 4.79 Å². The summed E-state index contributed by atoms with van der Waals surface area (Å²) in [6.45, 7) is 6.71. The van der Waals surface area contributed by atoms with E-state index >= 15 is 0 Å². The summed E-state index contributed by atoms with van der Waals surface area (Å²) in [5, 5.41) is 10.3. The van der Waals surface area contributed by atoms with Crippen LogP contribution in [-0.4, -0.2) is 28.7 Å². The zero-order valence-electron chi connectivity index (χ0n) is 17.6. The zero-order valence-corrected chi connectivity index (χ0v) is 18.4. The summed E-state index contributed by atoms with van der Waals surface area (Å²) in [6.07, 6.45) is 3.78. The number of benzene rings is 2. The number of nitrogens with zero attached hydrogens (tertiary/aromatic N) is 6. The number of rotatable bonds is 5. The summed E-state index contributed by atoms with van der Waals surface area (Å²) >= 11 is 1.60. The van der Waals surface area contributed by atoms with Gasteiger partial charge in [0.05, 0.1) is 16.7 Å². The van der Waals surface area contributed by atoms with Crippen LogP contribution in [0.25, 0.3) is 22.4 Å². The van der Waals surface area contributed by atoms with Gasteiger partial charge in [-0.2, -0.15) is 0 Å². The molecule has 0 bridgehead atoms. The minimum absolute atomic E-state index is 0.0394. The molecule has 0 radical (unpaired) electrons. The Morgan fingerprint density at radius 1 is 1.03 bits per heavy atom. The second-order valence-electron chi connectivity index (χ2n) is 7.46. The van der Waals surface area contributed by atoms with Crippen molar-refractivity contribution in [2.45, 2.75) is 38.2 Å². The second-order valence-corrected chi connectivity index (χ2v) is 8.40. The lowest BCUT2D eigenvalue weighted by Gasteiger charge is -2.11. The molecule has 0 amide bonds. The predicted octanol–water partition coefficient (Wildman–Crippen LogP) is 4.16. The van der Waals surface area contributed by atoms with Crippen LogP contribution in [0, 0.1) is 13.8 Å². The Morgan fingerprint density at radius 2 is 1.87 bits per heavy atom. The van der Waals surface area contributed by atoms with E-state index < -0.39 is 0 Å². The van der Waals surface area contributed by atoms with E-state index in [-0.39, 0.29) is 5.56 Å². The third-order valence-electron chi connectivity index (χ3n) is 5.60. The standard InChI is InChI=1S/C23H22N6OS/c1-4-27-21(30)18-7-5-6-8-19(18)29-20(25-26-22(27)29)14-31-23-24-11-12-28(23)17-10-9-15(2)16(3)13-17/h5-13H,4,14H2,1-3H3. The number of thioether (sulfide) groups is 1. The highest BCUT2D eigenvalue weighted by atomic mass is 32.2. The third-order valence-corrected chi connectivity index (χ3v) is 6.56. The van der Waals surface area contributed by atoms with Gasteiger partial charge in [0.2, 0.25) is 5.78 Å². The largest absolute Gasteiger partial charge is 0.295 e. The molecule has 0 N–H and O–H groups in total. The van der Waals surface area contributed by atoms with Gasteiger partial charge in [0, 0.05) is 24.6 Å². The van der Waals surface area contributed by atoms with Gasteiger partial charge < -0.3 is 0 Å². The number of aryl methyl sites for hydroxylation is 3. The van der Waals surface area contributed by atoms with Crippen LogP contribution in [0.4, 0.5) is 0 Å². The summed E-state index contributed by atoms with van der Waals surface area (Å²) < 4.78 is 5.73. The number of hydrogen-bond acceptors (Lipinski definition) is 5. The molecule has 156 valence electrons. The van der Waals surface area contributed by atoms with Gasteiger partial charge in [-0.3, -0.25) is 18.3 Å². The number of fused-ring (bicyclic) bond motifs is 3. The van der Waals surface area contributed by atoms with Gasteiger partial charge in [0.1, 0.15) is 5.82 Å². The molecule has 2 aromatic carbocycles. The van der Waals surface area contributed by atoms with Crippen molar-refractivity contribution in [2.24, 2.45) is 0 Å². The SMILES string of the molecule is CCn1c(=O)c2ccccc2n2c(CSc3nccn3-c3ccc(C)c(C)c3)nnc12. The molecule has 3 aromatic heterocycles. The lowest BCUT2D eigenvalue weighted by Crippen LogP contribution is -2.22. The highest BCUT2D eigenvalue weighted by Gasteiger charge is 2.16. The summed E-state index contributed by atoms with van der Waals surface area (Å²) in [7, 11) is 0. The second kappa shape index (κ2) is 7.70. The minimum Gasteiger partial charge on any atom is -0.295 e. The van der Waals surface area contributed by atoms with Crippen molar-refractivity contribution in [3.8, 4) is 5.69 Å². The van der Waals surface area contributed by atoms with Crippen LogP contribution in [0.3, 0.4) is 0 Å². The Hall–Kier alpha value is -3.39. The molecule has 5 rings (SSSR count). The number of imidazole rings is 1. The molecule has 5 aromatic rings. The maximum Gasteiger partial charge on any atom is 0.262 e. The van der Waals surface area contributed by atoms with Gasteiger partial charge in [-0.25, -0.2) is 4.98 Å². The molecule has 8 heteroatoms. The molecule has 0 fully saturated rings. The van der Waals surface area contributed by atoms with Crippen LogP contribution in [0.2, 0.25) is 0 Å². The van der Waals surface area contributed by atoms with Gasteiger partial charge in [0.15, 0.2) is 5.16 Å². The van der Waals surface area contributed by atoms with E-state index in [0.29, 0.717) is 23.5 Å². The van der Waals surface area contributed by atoms with Crippen LogP contribution in [-0.2, 0) is 12.3 Å². The van der Waals surface area contributed by atoms with E-state index in [1.54, 1.807) is 16.3 Å². The first kappa shape index (κ1) is 19.6. The molecule has 0 aliphatic carbocycles. The van der Waals surface area contributed by atoms with E-state index in [1.165, 1.54) is 11.1 Å².